The number of carbonyl (C=O) groups excluding carboxylic acids is 1. The van der Waals surface area contributed by atoms with Crippen molar-refractivity contribution in [3.63, 3.8) is 0 Å². The molecule has 1 aromatic carbocycles. The predicted octanol–water partition coefficient (Wildman–Crippen LogP) is 3.67. The molecule has 1 spiro atoms. The molecule has 1 aromatic heterocycles. The second-order valence-electron chi connectivity index (χ2n) is 7.09. The molecule has 1 N–H and O–H groups in total. The summed E-state index contributed by atoms with van der Waals surface area (Å²) in [5, 5.41) is 3.21. The van der Waals surface area contributed by atoms with Crippen molar-refractivity contribution in [2.75, 3.05) is 7.05 Å². The normalized spacial score (nSPS) is 20.1. The summed E-state index contributed by atoms with van der Waals surface area (Å²) in [4.78, 5) is 18.4. The van der Waals surface area contributed by atoms with Gasteiger partial charge in [0.2, 0.25) is 0 Å². The van der Waals surface area contributed by atoms with Crippen LogP contribution in [0, 0.1) is 0 Å². The van der Waals surface area contributed by atoms with Crippen molar-refractivity contribution in [1.29, 1.82) is 0 Å². The number of hydrogen-bond acceptors (Lipinski definition) is 3. The number of hydrogen-bond donors (Lipinski definition) is 1. The fourth-order valence-corrected chi connectivity index (χ4v) is 3.72. The molecule has 1 aliphatic heterocycles. The number of benzene rings is 1. The lowest BCUT2D eigenvalue weighted by Gasteiger charge is -2.48. The summed E-state index contributed by atoms with van der Waals surface area (Å²) in [6, 6.07) is 11.8. The SMILES string of the molecule is CN(Cc1ccncc1)C(=O)N[C@@H]1CC2(CCC2)Oc2ccccc21. The molecule has 2 aromatic rings. The van der Waals surface area contributed by atoms with Crippen LogP contribution in [-0.2, 0) is 6.54 Å². The standard InChI is InChI=1S/C20H23N3O2/c1-23(14-15-7-11-21-12-8-15)19(24)22-17-13-20(9-4-10-20)25-18-6-3-2-5-16(17)18/h2-3,5-8,11-12,17H,4,9-10,13-14H2,1H3,(H,22,24)/t17-/m1/s1. The number of amides is 2. The van der Waals surface area contributed by atoms with Crippen LogP contribution in [0.15, 0.2) is 48.8 Å². The van der Waals surface area contributed by atoms with Crippen LogP contribution in [0.2, 0.25) is 0 Å². The van der Waals surface area contributed by atoms with E-state index < -0.39 is 0 Å². The first-order valence-corrected chi connectivity index (χ1v) is 8.84. The molecule has 1 saturated carbocycles. The van der Waals surface area contributed by atoms with Crippen molar-refractivity contribution < 1.29 is 9.53 Å². The number of rotatable bonds is 3. The van der Waals surface area contributed by atoms with E-state index in [0.717, 1.165) is 36.1 Å². The van der Waals surface area contributed by atoms with Gasteiger partial charge in [-0.1, -0.05) is 18.2 Å². The number of aromatic nitrogens is 1. The maximum Gasteiger partial charge on any atom is 0.317 e. The maximum absolute atomic E-state index is 12.7. The molecule has 25 heavy (non-hydrogen) atoms. The van der Waals surface area contributed by atoms with Gasteiger partial charge >= 0.3 is 6.03 Å². The van der Waals surface area contributed by atoms with E-state index in [1.807, 2.05) is 37.4 Å². The first-order valence-electron chi connectivity index (χ1n) is 8.84. The second kappa shape index (κ2) is 6.39. The lowest BCUT2D eigenvalue weighted by molar-refractivity contribution is -0.0359. The average Bonchev–Trinajstić information content (AvgIpc) is 2.61. The lowest BCUT2D eigenvalue weighted by atomic mass is 9.73. The molecule has 5 nitrogen and oxygen atoms in total. The molecule has 0 bridgehead atoms. The summed E-state index contributed by atoms with van der Waals surface area (Å²) in [5.74, 6) is 0.913. The Bertz CT molecular complexity index is 759. The topological polar surface area (TPSA) is 54.5 Å². The van der Waals surface area contributed by atoms with Gasteiger partial charge in [-0.2, -0.15) is 0 Å². The third-order valence-corrected chi connectivity index (χ3v) is 5.28. The van der Waals surface area contributed by atoms with E-state index in [-0.39, 0.29) is 17.7 Å². The molecule has 130 valence electrons. The zero-order valence-electron chi connectivity index (χ0n) is 14.4. The Morgan fingerprint density at radius 1 is 1.28 bits per heavy atom. The quantitative estimate of drug-likeness (QED) is 0.930. The summed E-state index contributed by atoms with van der Waals surface area (Å²) < 4.78 is 6.25. The number of para-hydroxylation sites is 1. The summed E-state index contributed by atoms with van der Waals surface area (Å²) in [7, 11) is 1.82. The van der Waals surface area contributed by atoms with Gasteiger partial charge in [0.25, 0.3) is 0 Å². The Morgan fingerprint density at radius 2 is 2.04 bits per heavy atom. The number of nitrogens with zero attached hydrogens (tertiary/aromatic N) is 2. The summed E-state index contributed by atoms with van der Waals surface area (Å²) >= 11 is 0. The largest absolute Gasteiger partial charge is 0.487 e. The molecular weight excluding hydrogens is 314 g/mol. The van der Waals surface area contributed by atoms with E-state index >= 15 is 0 Å². The zero-order valence-corrected chi connectivity index (χ0v) is 14.4. The fraction of sp³-hybridized carbons (Fsp3) is 0.400. The third kappa shape index (κ3) is 3.18. The van der Waals surface area contributed by atoms with Gasteiger partial charge in [-0.25, -0.2) is 4.79 Å². The third-order valence-electron chi connectivity index (χ3n) is 5.28. The van der Waals surface area contributed by atoms with E-state index in [1.165, 1.54) is 6.42 Å². The van der Waals surface area contributed by atoms with E-state index in [2.05, 4.69) is 16.4 Å². The molecule has 2 amide bonds. The molecule has 0 unspecified atom stereocenters. The van der Waals surface area contributed by atoms with Crippen molar-refractivity contribution in [3.05, 3.63) is 59.9 Å². The van der Waals surface area contributed by atoms with Gasteiger partial charge in [-0.05, 0) is 43.0 Å². The van der Waals surface area contributed by atoms with Crippen LogP contribution in [0.4, 0.5) is 4.79 Å². The highest BCUT2D eigenvalue weighted by Gasteiger charge is 2.45. The van der Waals surface area contributed by atoms with Gasteiger partial charge in [0.05, 0.1) is 6.04 Å². The van der Waals surface area contributed by atoms with Gasteiger partial charge in [0.1, 0.15) is 11.4 Å². The molecule has 2 aliphatic rings. The number of fused-ring (bicyclic) bond motifs is 1. The first-order chi connectivity index (χ1) is 12.2. The molecular formula is C20H23N3O2. The van der Waals surface area contributed by atoms with Crippen molar-refractivity contribution in [2.24, 2.45) is 0 Å². The number of pyridine rings is 1. The van der Waals surface area contributed by atoms with Crippen LogP contribution in [0.1, 0.15) is 42.9 Å². The Kier molecular flexibility index (Phi) is 4.07. The van der Waals surface area contributed by atoms with E-state index in [1.54, 1.807) is 17.3 Å². The molecule has 0 saturated heterocycles. The summed E-state index contributed by atoms with van der Waals surface area (Å²) in [5.41, 5.74) is 2.05. The van der Waals surface area contributed by atoms with E-state index in [4.69, 9.17) is 4.74 Å². The van der Waals surface area contributed by atoms with Crippen LogP contribution in [-0.4, -0.2) is 28.6 Å². The zero-order chi connectivity index (χ0) is 17.3. The molecule has 1 fully saturated rings. The van der Waals surface area contributed by atoms with Crippen LogP contribution >= 0.6 is 0 Å². The van der Waals surface area contributed by atoms with Crippen LogP contribution in [0.25, 0.3) is 0 Å². The number of nitrogens with one attached hydrogen (secondary N) is 1. The number of carbonyl (C=O) groups is 1. The van der Waals surface area contributed by atoms with Crippen LogP contribution < -0.4 is 10.1 Å². The van der Waals surface area contributed by atoms with Crippen LogP contribution in [0.5, 0.6) is 5.75 Å². The highest BCUT2D eigenvalue weighted by atomic mass is 16.5. The van der Waals surface area contributed by atoms with Crippen molar-refractivity contribution in [1.82, 2.24) is 15.2 Å². The first kappa shape index (κ1) is 15.9. The molecule has 4 rings (SSSR count). The minimum absolute atomic E-state index is 0.00219. The second-order valence-corrected chi connectivity index (χ2v) is 7.09. The summed E-state index contributed by atoms with van der Waals surface area (Å²) in [6.07, 6.45) is 7.68. The minimum atomic E-state index is -0.0873. The Morgan fingerprint density at radius 3 is 2.76 bits per heavy atom. The molecule has 1 aliphatic carbocycles. The highest BCUT2D eigenvalue weighted by molar-refractivity contribution is 5.74. The average molecular weight is 337 g/mol. The van der Waals surface area contributed by atoms with Crippen molar-refractivity contribution in [2.45, 2.75) is 43.9 Å². The minimum Gasteiger partial charge on any atom is -0.487 e. The van der Waals surface area contributed by atoms with Crippen molar-refractivity contribution >= 4 is 6.03 Å². The predicted molar refractivity (Wildman–Crippen MR) is 95.2 cm³/mol. The van der Waals surface area contributed by atoms with E-state index in [0.29, 0.717) is 6.54 Å². The van der Waals surface area contributed by atoms with Gasteiger partial charge in [0, 0.05) is 38.0 Å². The summed E-state index contributed by atoms with van der Waals surface area (Å²) in [6.45, 7) is 0.560. The Balaban J connectivity index is 1.48. The monoisotopic (exact) mass is 337 g/mol. The highest BCUT2D eigenvalue weighted by Crippen LogP contribution is 2.48. The Labute approximate surface area is 148 Å². The number of ether oxygens (including phenoxy) is 1. The molecule has 1 atom stereocenters. The smallest absolute Gasteiger partial charge is 0.317 e. The molecule has 2 heterocycles. The van der Waals surface area contributed by atoms with Gasteiger partial charge in [0.15, 0.2) is 0 Å². The molecule has 0 radical (unpaired) electrons. The Hall–Kier alpha value is -2.56. The van der Waals surface area contributed by atoms with Crippen molar-refractivity contribution in [3.8, 4) is 5.75 Å². The van der Waals surface area contributed by atoms with Crippen LogP contribution in [0.3, 0.4) is 0 Å². The molecule has 5 heteroatoms. The number of urea groups is 1. The van der Waals surface area contributed by atoms with Gasteiger partial charge < -0.3 is 15.0 Å². The maximum atomic E-state index is 12.7. The van der Waals surface area contributed by atoms with Gasteiger partial charge in [-0.3, -0.25) is 4.98 Å². The fourth-order valence-electron chi connectivity index (χ4n) is 3.72. The van der Waals surface area contributed by atoms with E-state index in [9.17, 15) is 4.79 Å². The van der Waals surface area contributed by atoms with Gasteiger partial charge in [-0.15, -0.1) is 0 Å². The lowest BCUT2D eigenvalue weighted by Crippen LogP contribution is -2.51.